The number of phenolic OH excluding ortho intramolecular Hbond substituents is 1. The van der Waals surface area contributed by atoms with Crippen LogP contribution in [0.5, 0.6) is 17.2 Å². The van der Waals surface area contributed by atoms with Crippen LogP contribution in [-0.4, -0.2) is 19.3 Å². The van der Waals surface area contributed by atoms with Gasteiger partial charge in [-0.15, -0.1) is 0 Å². The SMILES string of the molecule is COc1cc(C2(N)CCCCC2)c(O)c(Cl)c1OC. The first-order chi connectivity index (χ1) is 9.03. The van der Waals surface area contributed by atoms with Gasteiger partial charge in [-0.25, -0.2) is 0 Å². The van der Waals surface area contributed by atoms with Crippen molar-refractivity contribution in [3.8, 4) is 17.2 Å². The Kier molecular flexibility index (Phi) is 4.11. The minimum atomic E-state index is -0.536. The van der Waals surface area contributed by atoms with Crippen molar-refractivity contribution in [3.63, 3.8) is 0 Å². The molecule has 0 unspecified atom stereocenters. The standard InChI is InChI=1S/C14H20ClNO3/c1-18-10-8-9(12(17)11(15)13(10)19-2)14(16)6-4-3-5-7-14/h8,17H,3-7,16H2,1-2H3. The van der Waals surface area contributed by atoms with Gasteiger partial charge in [0.25, 0.3) is 0 Å². The van der Waals surface area contributed by atoms with Crippen molar-refractivity contribution in [2.75, 3.05) is 14.2 Å². The van der Waals surface area contributed by atoms with Gasteiger partial charge in [0.2, 0.25) is 0 Å². The minimum absolute atomic E-state index is 0.00344. The lowest BCUT2D eigenvalue weighted by Crippen LogP contribution is -2.38. The quantitative estimate of drug-likeness (QED) is 0.895. The molecule has 3 N–H and O–H groups in total. The Balaban J connectivity index is 2.54. The molecule has 2 rings (SSSR count). The van der Waals surface area contributed by atoms with Crippen LogP contribution in [0.1, 0.15) is 37.7 Å². The van der Waals surface area contributed by atoms with Crippen LogP contribution in [-0.2, 0) is 5.54 Å². The highest BCUT2D eigenvalue weighted by molar-refractivity contribution is 6.34. The number of halogens is 1. The minimum Gasteiger partial charge on any atom is -0.506 e. The zero-order chi connectivity index (χ0) is 14.0. The normalized spacial score (nSPS) is 18.1. The topological polar surface area (TPSA) is 64.7 Å². The predicted molar refractivity (Wildman–Crippen MR) is 75.2 cm³/mol. The van der Waals surface area contributed by atoms with Gasteiger partial charge in [0.05, 0.1) is 14.2 Å². The van der Waals surface area contributed by atoms with E-state index in [1.807, 2.05) is 0 Å². The summed E-state index contributed by atoms with van der Waals surface area (Å²) in [4.78, 5) is 0. The number of hydrogen-bond donors (Lipinski definition) is 2. The molecule has 1 fully saturated rings. The zero-order valence-corrected chi connectivity index (χ0v) is 12.1. The van der Waals surface area contributed by atoms with Gasteiger partial charge in [-0.2, -0.15) is 0 Å². The highest BCUT2D eigenvalue weighted by Gasteiger charge is 2.34. The Morgan fingerprint density at radius 3 is 2.37 bits per heavy atom. The van der Waals surface area contributed by atoms with Gasteiger partial charge in [-0.05, 0) is 18.9 Å². The average molecular weight is 286 g/mol. The first-order valence-corrected chi connectivity index (χ1v) is 6.84. The van der Waals surface area contributed by atoms with Crippen LogP contribution in [0.4, 0.5) is 0 Å². The Morgan fingerprint density at radius 2 is 1.84 bits per heavy atom. The van der Waals surface area contributed by atoms with Gasteiger partial charge in [-0.1, -0.05) is 30.9 Å². The highest BCUT2D eigenvalue weighted by atomic mass is 35.5. The summed E-state index contributed by atoms with van der Waals surface area (Å²) in [5.41, 5.74) is 6.56. The molecule has 19 heavy (non-hydrogen) atoms. The molecule has 0 amide bonds. The van der Waals surface area contributed by atoms with Gasteiger partial charge in [-0.3, -0.25) is 0 Å². The zero-order valence-electron chi connectivity index (χ0n) is 11.3. The van der Waals surface area contributed by atoms with E-state index < -0.39 is 5.54 Å². The van der Waals surface area contributed by atoms with Gasteiger partial charge in [0, 0.05) is 11.1 Å². The Morgan fingerprint density at radius 1 is 1.21 bits per heavy atom. The van der Waals surface area contributed by atoms with Crippen LogP contribution in [0, 0.1) is 0 Å². The largest absolute Gasteiger partial charge is 0.506 e. The molecule has 5 heteroatoms. The molecule has 1 saturated carbocycles. The van der Waals surface area contributed by atoms with Crippen LogP contribution in [0.15, 0.2) is 6.07 Å². The number of ether oxygens (including phenoxy) is 2. The van der Waals surface area contributed by atoms with Gasteiger partial charge in [0.1, 0.15) is 10.8 Å². The summed E-state index contributed by atoms with van der Waals surface area (Å²) in [6.45, 7) is 0. The van der Waals surface area contributed by atoms with E-state index in [1.54, 1.807) is 13.2 Å². The van der Waals surface area contributed by atoms with E-state index >= 15 is 0 Å². The summed E-state index contributed by atoms with van der Waals surface area (Å²) in [5, 5.41) is 10.5. The first kappa shape index (κ1) is 14.3. The fourth-order valence-corrected chi connectivity index (χ4v) is 3.04. The van der Waals surface area contributed by atoms with Gasteiger partial charge in [0.15, 0.2) is 11.5 Å². The number of phenols is 1. The summed E-state index contributed by atoms with van der Waals surface area (Å²) in [5.74, 6) is 0.837. The maximum Gasteiger partial charge on any atom is 0.183 e. The molecule has 0 atom stereocenters. The second-order valence-corrected chi connectivity index (χ2v) is 5.42. The van der Waals surface area contributed by atoms with Gasteiger partial charge >= 0.3 is 0 Å². The molecule has 0 saturated heterocycles. The molecular formula is C14H20ClNO3. The van der Waals surface area contributed by atoms with E-state index in [-0.39, 0.29) is 10.8 Å². The van der Waals surface area contributed by atoms with Gasteiger partial charge < -0.3 is 20.3 Å². The molecular weight excluding hydrogens is 266 g/mol. The van der Waals surface area contributed by atoms with Crippen LogP contribution < -0.4 is 15.2 Å². The van der Waals surface area contributed by atoms with Crippen LogP contribution in [0.2, 0.25) is 5.02 Å². The van der Waals surface area contributed by atoms with Crippen molar-refractivity contribution in [1.82, 2.24) is 0 Å². The third kappa shape index (κ3) is 2.47. The maximum absolute atomic E-state index is 10.3. The molecule has 1 aliphatic carbocycles. The second kappa shape index (κ2) is 5.47. The summed E-state index contributed by atoms with van der Waals surface area (Å²) in [6, 6.07) is 1.74. The molecule has 0 aromatic heterocycles. The number of nitrogens with two attached hydrogens (primary N) is 1. The highest BCUT2D eigenvalue weighted by Crippen LogP contribution is 2.48. The molecule has 0 bridgehead atoms. The maximum atomic E-state index is 10.3. The lowest BCUT2D eigenvalue weighted by atomic mass is 9.77. The van der Waals surface area contributed by atoms with Crippen LogP contribution in [0.3, 0.4) is 0 Å². The summed E-state index contributed by atoms with van der Waals surface area (Å²) in [6.07, 6.45) is 4.98. The van der Waals surface area contributed by atoms with E-state index in [0.717, 1.165) is 25.7 Å². The molecule has 0 heterocycles. The summed E-state index contributed by atoms with van der Waals surface area (Å²) >= 11 is 6.15. The fraction of sp³-hybridized carbons (Fsp3) is 0.571. The molecule has 1 aromatic carbocycles. The van der Waals surface area contributed by atoms with E-state index in [0.29, 0.717) is 17.1 Å². The third-order valence-electron chi connectivity index (χ3n) is 3.87. The van der Waals surface area contributed by atoms with E-state index in [2.05, 4.69) is 0 Å². The average Bonchev–Trinajstić information content (AvgIpc) is 2.42. The lowest BCUT2D eigenvalue weighted by molar-refractivity contribution is 0.288. The Bertz CT molecular complexity index is 470. The smallest absolute Gasteiger partial charge is 0.183 e. The number of methoxy groups -OCH3 is 2. The Hall–Kier alpha value is -1.13. The molecule has 1 aromatic rings. The predicted octanol–water partition coefficient (Wildman–Crippen LogP) is 3.18. The fourth-order valence-electron chi connectivity index (χ4n) is 2.77. The number of benzene rings is 1. The van der Waals surface area contributed by atoms with Crippen LogP contribution >= 0.6 is 11.6 Å². The molecule has 4 nitrogen and oxygen atoms in total. The third-order valence-corrected chi connectivity index (χ3v) is 4.22. The monoisotopic (exact) mass is 285 g/mol. The summed E-state index contributed by atoms with van der Waals surface area (Å²) < 4.78 is 10.4. The van der Waals surface area contributed by atoms with Crippen molar-refractivity contribution < 1.29 is 14.6 Å². The second-order valence-electron chi connectivity index (χ2n) is 5.04. The molecule has 0 aliphatic heterocycles. The van der Waals surface area contributed by atoms with E-state index in [4.69, 9.17) is 26.8 Å². The van der Waals surface area contributed by atoms with E-state index in [1.165, 1.54) is 13.5 Å². The summed E-state index contributed by atoms with van der Waals surface area (Å²) in [7, 11) is 3.03. The van der Waals surface area contributed by atoms with Crippen molar-refractivity contribution in [2.24, 2.45) is 5.73 Å². The van der Waals surface area contributed by atoms with Crippen LogP contribution in [0.25, 0.3) is 0 Å². The number of rotatable bonds is 3. The molecule has 106 valence electrons. The first-order valence-electron chi connectivity index (χ1n) is 6.46. The number of aromatic hydroxyl groups is 1. The number of hydrogen-bond acceptors (Lipinski definition) is 4. The van der Waals surface area contributed by atoms with E-state index in [9.17, 15) is 5.11 Å². The molecule has 1 aliphatic rings. The van der Waals surface area contributed by atoms with Crippen molar-refractivity contribution in [3.05, 3.63) is 16.7 Å². The lowest BCUT2D eigenvalue weighted by Gasteiger charge is -2.35. The molecule has 0 radical (unpaired) electrons. The van der Waals surface area contributed by atoms with Crippen molar-refractivity contribution >= 4 is 11.6 Å². The van der Waals surface area contributed by atoms with Crippen molar-refractivity contribution in [2.45, 2.75) is 37.6 Å². The molecule has 0 spiro atoms. The van der Waals surface area contributed by atoms with Crippen molar-refractivity contribution in [1.29, 1.82) is 0 Å². The Labute approximate surface area is 118 Å².